The van der Waals surface area contributed by atoms with E-state index >= 15 is 0 Å². The average molecular weight is 336 g/mol. The minimum atomic E-state index is 0.0283. The van der Waals surface area contributed by atoms with Gasteiger partial charge < -0.3 is 15.1 Å². The molecular weight excluding hydrogens is 306 g/mol. The fourth-order valence-corrected chi connectivity index (χ4v) is 3.36. The fraction of sp³-hybridized carbons (Fsp3) is 0.611. The van der Waals surface area contributed by atoms with E-state index in [4.69, 9.17) is 0 Å². The monoisotopic (exact) mass is 335 g/mol. The Kier molecular flexibility index (Phi) is 6.78. The van der Waals surface area contributed by atoms with Crippen molar-refractivity contribution in [3.05, 3.63) is 29.8 Å². The van der Waals surface area contributed by atoms with Crippen molar-refractivity contribution in [1.82, 2.24) is 9.80 Å². The van der Waals surface area contributed by atoms with Gasteiger partial charge in [0, 0.05) is 30.6 Å². The quantitative estimate of drug-likeness (QED) is 0.856. The molecule has 0 aromatic heterocycles. The number of nitrogens with zero attached hydrogens (tertiary/aromatic N) is 2. The summed E-state index contributed by atoms with van der Waals surface area (Å²) in [7, 11) is 2.14. The van der Waals surface area contributed by atoms with Crippen LogP contribution in [-0.2, 0) is 0 Å². The molecule has 0 aliphatic carbocycles. The third-order valence-corrected chi connectivity index (χ3v) is 5.62. The molecule has 23 heavy (non-hydrogen) atoms. The third-order valence-electron chi connectivity index (χ3n) is 4.64. The van der Waals surface area contributed by atoms with E-state index in [9.17, 15) is 4.79 Å². The zero-order valence-corrected chi connectivity index (χ0v) is 15.5. The van der Waals surface area contributed by atoms with Gasteiger partial charge in [0.05, 0.1) is 0 Å². The van der Waals surface area contributed by atoms with E-state index < -0.39 is 0 Å². The first-order valence-electron chi connectivity index (χ1n) is 8.40. The highest BCUT2D eigenvalue weighted by molar-refractivity contribution is 7.98. The molecule has 1 aliphatic rings. The SMILES string of the molecule is CCN(C)CC1CCN(C(=O)Nc2cccc(C(C)SC)c2)C1. The highest BCUT2D eigenvalue weighted by Crippen LogP contribution is 2.27. The first-order valence-corrected chi connectivity index (χ1v) is 9.69. The standard InChI is InChI=1S/C18H29N3OS/c1-5-20(3)12-15-9-10-21(13-15)18(22)19-17-8-6-7-16(11-17)14(2)23-4/h6-8,11,14-15H,5,9-10,12-13H2,1-4H3,(H,19,22). The lowest BCUT2D eigenvalue weighted by molar-refractivity contribution is 0.218. The number of hydrogen-bond donors (Lipinski definition) is 1. The van der Waals surface area contributed by atoms with E-state index in [0.717, 1.165) is 38.3 Å². The lowest BCUT2D eigenvalue weighted by atomic mass is 10.1. The van der Waals surface area contributed by atoms with Crippen LogP contribution in [0.5, 0.6) is 0 Å². The largest absolute Gasteiger partial charge is 0.324 e. The molecule has 2 rings (SSSR count). The van der Waals surface area contributed by atoms with Gasteiger partial charge in [-0.25, -0.2) is 4.79 Å². The number of rotatable bonds is 6. The number of thioether (sulfide) groups is 1. The molecule has 0 spiro atoms. The van der Waals surface area contributed by atoms with Crippen LogP contribution in [0.15, 0.2) is 24.3 Å². The highest BCUT2D eigenvalue weighted by atomic mass is 32.2. The molecule has 1 aliphatic heterocycles. The molecule has 4 nitrogen and oxygen atoms in total. The van der Waals surface area contributed by atoms with Crippen LogP contribution >= 0.6 is 11.8 Å². The molecule has 2 unspecified atom stereocenters. The Balaban J connectivity index is 1.90. The van der Waals surface area contributed by atoms with Crippen LogP contribution in [0.1, 0.15) is 31.1 Å². The second-order valence-electron chi connectivity index (χ2n) is 6.39. The molecule has 0 saturated carbocycles. The predicted molar refractivity (Wildman–Crippen MR) is 100 cm³/mol. The summed E-state index contributed by atoms with van der Waals surface area (Å²) in [6, 6.07) is 8.20. The van der Waals surface area contributed by atoms with Crippen molar-refractivity contribution in [2.24, 2.45) is 5.92 Å². The number of amides is 2. The molecule has 1 aromatic carbocycles. The van der Waals surface area contributed by atoms with Crippen LogP contribution in [0.4, 0.5) is 10.5 Å². The smallest absolute Gasteiger partial charge is 0.321 e. The van der Waals surface area contributed by atoms with Gasteiger partial charge in [-0.15, -0.1) is 0 Å². The molecule has 1 fully saturated rings. The van der Waals surface area contributed by atoms with E-state index in [1.54, 1.807) is 0 Å². The summed E-state index contributed by atoms with van der Waals surface area (Å²) < 4.78 is 0. The van der Waals surface area contributed by atoms with Gasteiger partial charge in [0.1, 0.15) is 0 Å². The Labute approximate surface area is 144 Å². The van der Waals surface area contributed by atoms with Gasteiger partial charge in [0.15, 0.2) is 0 Å². The van der Waals surface area contributed by atoms with E-state index in [2.05, 4.69) is 49.5 Å². The van der Waals surface area contributed by atoms with Gasteiger partial charge in [0.2, 0.25) is 0 Å². The Bertz CT molecular complexity index is 523. The van der Waals surface area contributed by atoms with Gasteiger partial charge in [-0.2, -0.15) is 11.8 Å². The van der Waals surface area contributed by atoms with Crippen LogP contribution < -0.4 is 5.32 Å². The Morgan fingerprint density at radius 3 is 3.00 bits per heavy atom. The van der Waals surface area contributed by atoms with E-state index in [0.29, 0.717) is 11.2 Å². The molecule has 2 amide bonds. The van der Waals surface area contributed by atoms with E-state index in [1.807, 2.05) is 28.8 Å². The van der Waals surface area contributed by atoms with Crippen molar-refractivity contribution >= 4 is 23.5 Å². The molecule has 128 valence electrons. The lowest BCUT2D eigenvalue weighted by Gasteiger charge is -2.20. The van der Waals surface area contributed by atoms with E-state index in [-0.39, 0.29) is 6.03 Å². The second kappa shape index (κ2) is 8.60. The summed E-state index contributed by atoms with van der Waals surface area (Å²) in [5, 5.41) is 3.49. The Morgan fingerprint density at radius 1 is 1.52 bits per heavy atom. The Hall–Kier alpha value is -1.20. The van der Waals surface area contributed by atoms with Gasteiger partial charge in [-0.3, -0.25) is 0 Å². The van der Waals surface area contributed by atoms with Gasteiger partial charge in [0.25, 0.3) is 0 Å². The summed E-state index contributed by atoms with van der Waals surface area (Å²) in [6.07, 6.45) is 3.20. The van der Waals surface area contributed by atoms with Crippen LogP contribution in [0.3, 0.4) is 0 Å². The summed E-state index contributed by atoms with van der Waals surface area (Å²) in [4.78, 5) is 16.7. The number of anilines is 1. The van der Waals surface area contributed by atoms with Crippen LogP contribution in [0, 0.1) is 5.92 Å². The number of likely N-dealkylation sites (tertiary alicyclic amines) is 1. The number of carbonyl (C=O) groups is 1. The molecule has 1 heterocycles. The second-order valence-corrected chi connectivity index (χ2v) is 7.57. The molecule has 5 heteroatoms. The van der Waals surface area contributed by atoms with Gasteiger partial charge in [-0.05, 0) is 56.8 Å². The molecular formula is C18H29N3OS. The van der Waals surface area contributed by atoms with Crippen molar-refractivity contribution in [2.45, 2.75) is 25.5 Å². The van der Waals surface area contributed by atoms with Crippen molar-refractivity contribution in [3.63, 3.8) is 0 Å². The zero-order valence-electron chi connectivity index (χ0n) is 14.7. The number of benzene rings is 1. The first kappa shape index (κ1) is 18.1. The topological polar surface area (TPSA) is 35.6 Å². The van der Waals surface area contributed by atoms with Crippen molar-refractivity contribution in [1.29, 1.82) is 0 Å². The maximum Gasteiger partial charge on any atom is 0.321 e. The molecule has 1 aromatic rings. The Morgan fingerprint density at radius 2 is 2.30 bits per heavy atom. The average Bonchev–Trinajstić information content (AvgIpc) is 3.02. The van der Waals surface area contributed by atoms with Crippen molar-refractivity contribution in [2.75, 3.05) is 44.8 Å². The maximum atomic E-state index is 12.5. The van der Waals surface area contributed by atoms with Gasteiger partial charge in [-0.1, -0.05) is 19.1 Å². The number of hydrogen-bond acceptors (Lipinski definition) is 3. The summed E-state index contributed by atoms with van der Waals surface area (Å²) >= 11 is 1.81. The summed E-state index contributed by atoms with van der Waals surface area (Å²) in [6.45, 7) is 8.19. The molecule has 0 radical (unpaired) electrons. The minimum absolute atomic E-state index is 0.0283. The predicted octanol–water partition coefficient (Wildman–Crippen LogP) is 3.92. The third kappa shape index (κ3) is 5.15. The van der Waals surface area contributed by atoms with Crippen molar-refractivity contribution in [3.8, 4) is 0 Å². The van der Waals surface area contributed by atoms with Crippen LogP contribution in [-0.4, -0.2) is 55.3 Å². The normalized spacial score (nSPS) is 19.2. The van der Waals surface area contributed by atoms with Crippen LogP contribution in [0.25, 0.3) is 0 Å². The molecule has 1 N–H and O–H groups in total. The maximum absolute atomic E-state index is 12.5. The van der Waals surface area contributed by atoms with Crippen molar-refractivity contribution < 1.29 is 4.79 Å². The number of urea groups is 1. The van der Waals surface area contributed by atoms with Crippen LogP contribution in [0.2, 0.25) is 0 Å². The molecule has 2 atom stereocenters. The number of carbonyl (C=O) groups excluding carboxylic acids is 1. The molecule has 1 saturated heterocycles. The lowest BCUT2D eigenvalue weighted by Crippen LogP contribution is -2.34. The highest BCUT2D eigenvalue weighted by Gasteiger charge is 2.26. The first-order chi connectivity index (χ1) is 11.0. The molecule has 0 bridgehead atoms. The van der Waals surface area contributed by atoms with Gasteiger partial charge >= 0.3 is 6.03 Å². The zero-order chi connectivity index (χ0) is 16.8. The minimum Gasteiger partial charge on any atom is -0.324 e. The summed E-state index contributed by atoms with van der Waals surface area (Å²) in [5.41, 5.74) is 2.14. The summed E-state index contributed by atoms with van der Waals surface area (Å²) in [5.74, 6) is 0.591. The number of nitrogens with one attached hydrogen (secondary N) is 1. The fourth-order valence-electron chi connectivity index (χ4n) is 2.94. The van der Waals surface area contributed by atoms with E-state index in [1.165, 1.54) is 5.56 Å².